The van der Waals surface area contributed by atoms with Crippen molar-refractivity contribution in [2.45, 2.75) is 17.9 Å². The predicted molar refractivity (Wildman–Crippen MR) is 87.5 cm³/mol. The summed E-state index contributed by atoms with van der Waals surface area (Å²) in [6.45, 7) is 0.645. The second-order valence-corrected chi connectivity index (χ2v) is 7.46. The fourth-order valence-electron chi connectivity index (χ4n) is 2.47. The molecule has 0 atom stereocenters. The lowest BCUT2D eigenvalue weighted by Gasteiger charge is -2.17. The molecular formula is C13H14BrN5O3S. The fourth-order valence-corrected chi connectivity index (χ4v) is 4.62. The van der Waals surface area contributed by atoms with Crippen molar-refractivity contribution in [2.75, 3.05) is 16.2 Å². The maximum absolute atomic E-state index is 12.5. The SMILES string of the molecule is Cn1nnc(Br)c1S(=O)(=O)Nc1cccc(N2CCCC2=O)c1. The number of carbonyl (C=O) groups excluding carboxylic acids is 1. The summed E-state index contributed by atoms with van der Waals surface area (Å²) in [4.78, 5) is 13.5. The summed E-state index contributed by atoms with van der Waals surface area (Å²) in [6, 6.07) is 6.75. The van der Waals surface area contributed by atoms with E-state index in [1.165, 1.54) is 11.7 Å². The molecule has 0 aliphatic carbocycles. The van der Waals surface area contributed by atoms with Gasteiger partial charge in [-0.2, -0.15) is 8.42 Å². The summed E-state index contributed by atoms with van der Waals surface area (Å²) in [5, 5.41) is 7.27. The molecule has 1 fully saturated rings. The van der Waals surface area contributed by atoms with E-state index in [-0.39, 0.29) is 15.5 Å². The number of aryl methyl sites for hydroxylation is 1. The molecule has 10 heteroatoms. The van der Waals surface area contributed by atoms with Crippen molar-refractivity contribution < 1.29 is 13.2 Å². The summed E-state index contributed by atoms with van der Waals surface area (Å²) >= 11 is 3.08. The molecule has 122 valence electrons. The van der Waals surface area contributed by atoms with Crippen LogP contribution in [0.1, 0.15) is 12.8 Å². The molecule has 8 nitrogen and oxygen atoms in total. The van der Waals surface area contributed by atoms with E-state index in [4.69, 9.17) is 0 Å². The standard InChI is InChI=1S/C13H14BrN5O3S/c1-18-13(12(14)15-17-18)23(21,22)16-9-4-2-5-10(8-9)19-7-3-6-11(19)20/h2,4-5,8,16H,3,6-7H2,1H3. The number of hydrogen-bond donors (Lipinski definition) is 1. The van der Waals surface area contributed by atoms with Gasteiger partial charge in [-0.15, -0.1) is 5.10 Å². The zero-order valence-electron chi connectivity index (χ0n) is 12.2. The van der Waals surface area contributed by atoms with E-state index in [1.54, 1.807) is 29.2 Å². The Balaban J connectivity index is 1.90. The number of sulfonamides is 1. The third-order valence-electron chi connectivity index (χ3n) is 3.48. The first kappa shape index (κ1) is 15.9. The van der Waals surface area contributed by atoms with E-state index < -0.39 is 10.0 Å². The summed E-state index contributed by atoms with van der Waals surface area (Å²) in [7, 11) is -2.36. The van der Waals surface area contributed by atoms with Gasteiger partial charge in [0.15, 0.2) is 4.60 Å². The van der Waals surface area contributed by atoms with E-state index >= 15 is 0 Å². The van der Waals surface area contributed by atoms with Crippen LogP contribution in [0.5, 0.6) is 0 Å². The Morgan fingerprint density at radius 1 is 1.35 bits per heavy atom. The van der Waals surface area contributed by atoms with Crippen molar-refractivity contribution in [3.05, 3.63) is 28.9 Å². The molecule has 0 spiro atoms. The van der Waals surface area contributed by atoms with E-state index in [0.717, 1.165) is 6.42 Å². The number of hydrogen-bond acceptors (Lipinski definition) is 5. The number of halogens is 1. The Morgan fingerprint density at radius 2 is 2.13 bits per heavy atom. The van der Waals surface area contributed by atoms with Crippen LogP contribution < -0.4 is 9.62 Å². The largest absolute Gasteiger partial charge is 0.312 e. The second kappa shape index (κ2) is 5.93. The first-order chi connectivity index (χ1) is 10.9. The van der Waals surface area contributed by atoms with Gasteiger partial charge in [-0.3, -0.25) is 9.52 Å². The Hall–Kier alpha value is -1.94. The van der Waals surface area contributed by atoms with Crippen LogP contribution in [0.3, 0.4) is 0 Å². The Kier molecular flexibility index (Phi) is 4.11. The fraction of sp³-hybridized carbons (Fsp3) is 0.308. The van der Waals surface area contributed by atoms with Crippen LogP contribution in [0, 0.1) is 0 Å². The van der Waals surface area contributed by atoms with Crippen molar-refractivity contribution in [1.29, 1.82) is 0 Å². The smallest absolute Gasteiger partial charge is 0.281 e. The monoisotopic (exact) mass is 399 g/mol. The van der Waals surface area contributed by atoms with E-state index in [2.05, 4.69) is 31.0 Å². The molecule has 23 heavy (non-hydrogen) atoms. The first-order valence-corrected chi connectivity index (χ1v) is 9.14. The zero-order valence-corrected chi connectivity index (χ0v) is 14.6. The average molecular weight is 400 g/mol. The summed E-state index contributed by atoms with van der Waals surface area (Å²) in [6.07, 6.45) is 1.33. The Morgan fingerprint density at radius 3 is 2.74 bits per heavy atom. The Labute approximate surface area is 141 Å². The summed E-state index contributed by atoms with van der Waals surface area (Å²) < 4.78 is 28.7. The minimum absolute atomic E-state index is 0.0450. The third-order valence-corrected chi connectivity index (χ3v) is 5.74. The highest BCUT2D eigenvalue weighted by atomic mass is 79.9. The molecule has 1 amide bonds. The summed E-state index contributed by atoms with van der Waals surface area (Å²) in [5.41, 5.74) is 1.05. The van der Waals surface area contributed by atoms with Crippen LogP contribution in [-0.2, 0) is 21.9 Å². The van der Waals surface area contributed by atoms with Gasteiger partial charge in [0, 0.05) is 25.7 Å². The normalized spacial score (nSPS) is 15.2. The molecule has 1 aromatic carbocycles. The highest BCUT2D eigenvalue weighted by molar-refractivity contribution is 9.10. The average Bonchev–Trinajstić information content (AvgIpc) is 3.05. The molecular weight excluding hydrogens is 386 g/mol. The molecule has 0 radical (unpaired) electrons. The number of nitrogens with zero attached hydrogens (tertiary/aromatic N) is 4. The maximum Gasteiger partial charge on any atom is 0.281 e. The highest BCUT2D eigenvalue weighted by Crippen LogP contribution is 2.26. The number of anilines is 2. The molecule has 1 aliphatic heterocycles. The Bertz CT molecular complexity index is 845. The molecule has 2 aromatic rings. The number of aromatic nitrogens is 3. The third kappa shape index (κ3) is 3.08. The van der Waals surface area contributed by atoms with Gasteiger partial charge >= 0.3 is 0 Å². The zero-order chi connectivity index (χ0) is 16.6. The van der Waals surface area contributed by atoms with Gasteiger partial charge < -0.3 is 4.90 Å². The topological polar surface area (TPSA) is 97.2 Å². The van der Waals surface area contributed by atoms with Gasteiger partial charge in [-0.25, -0.2) is 4.68 Å². The summed E-state index contributed by atoms with van der Waals surface area (Å²) in [5.74, 6) is 0.0450. The van der Waals surface area contributed by atoms with Crippen LogP contribution in [0.4, 0.5) is 11.4 Å². The van der Waals surface area contributed by atoms with Crippen LogP contribution in [0.25, 0.3) is 0 Å². The molecule has 1 saturated heterocycles. The minimum Gasteiger partial charge on any atom is -0.312 e. The lowest BCUT2D eigenvalue weighted by molar-refractivity contribution is -0.117. The molecule has 0 saturated carbocycles. The lowest BCUT2D eigenvalue weighted by atomic mass is 10.2. The molecule has 0 unspecified atom stereocenters. The van der Waals surface area contributed by atoms with Gasteiger partial charge in [0.2, 0.25) is 10.9 Å². The number of benzene rings is 1. The van der Waals surface area contributed by atoms with Crippen LogP contribution in [0.2, 0.25) is 0 Å². The van der Waals surface area contributed by atoms with Crippen molar-refractivity contribution in [1.82, 2.24) is 15.0 Å². The van der Waals surface area contributed by atoms with Gasteiger partial charge in [0.05, 0.1) is 5.69 Å². The van der Waals surface area contributed by atoms with Crippen LogP contribution in [-0.4, -0.2) is 35.9 Å². The molecule has 0 bridgehead atoms. The van der Waals surface area contributed by atoms with Crippen molar-refractivity contribution in [3.63, 3.8) is 0 Å². The van der Waals surface area contributed by atoms with Crippen molar-refractivity contribution in [3.8, 4) is 0 Å². The van der Waals surface area contributed by atoms with Crippen LogP contribution >= 0.6 is 15.9 Å². The van der Waals surface area contributed by atoms with Gasteiger partial charge in [0.25, 0.3) is 10.0 Å². The molecule has 1 N–H and O–H groups in total. The number of amides is 1. The highest BCUT2D eigenvalue weighted by Gasteiger charge is 2.25. The molecule has 1 aliphatic rings. The predicted octanol–water partition coefficient (Wildman–Crippen LogP) is 1.51. The van der Waals surface area contributed by atoms with E-state index in [1.807, 2.05) is 0 Å². The van der Waals surface area contributed by atoms with E-state index in [9.17, 15) is 13.2 Å². The number of rotatable bonds is 4. The first-order valence-electron chi connectivity index (χ1n) is 6.87. The number of nitrogens with one attached hydrogen (secondary N) is 1. The molecule has 1 aromatic heterocycles. The lowest BCUT2D eigenvalue weighted by Crippen LogP contribution is -2.24. The van der Waals surface area contributed by atoms with E-state index in [0.29, 0.717) is 24.3 Å². The maximum atomic E-state index is 12.5. The molecule has 2 heterocycles. The number of carbonyl (C=O) groups is 1. The molecule has 3 rings (SSSR count). The van der Waals surface area contributed by atoms with Gasteiger partial charge in [0.1, 0.15) is 0 Å². The van der Waals surface area contributed by atoms with Gasteiger partial charge in [-0.1, -0.05) is 11.3 Å². The van der Waals surface area contributed by atoms with Crippen LogP contribution in [0.15, 0.2) is 33.9 Å². The minimum atomic E-state index is -3.85. The quantitative estimate of drug-likeness (QED) is 0.839. The van der Waals surface area contributed by atoms with Gasteiger partial charge in [-0.05, 0) is 40.5 Å². The van der Waals surface area contributed by atoms with Crippen molar-refractivity contribution in [2.24, 2.45) is 7.05 Å². The van der Waals surface area contributed by atoms with Crippen molar-refractivity contribution >= 4 is 43.2 Å². The second-order valence-electron chi connectivity index (χ2n) is 5.11.